The van der Waals surface area contributed by atoms with Gasteiger partial charge < -0.3 is 14.0 Å². The molecule has 82 heavy (non-hydrogen) atoms. The van der Waals surface area contributed by atoms with E-state index < -0.39 is 5.41 Å². The number of rotatable bonds is 7. The van der Waals surface area contributed by atoms with Crippen molar-refractivity contribution in [3.05, 3.63) is 332 Å². The first-order chi connectivity index (χ1) is 40.7. The summed E-state index contributed by atoms with van der Waals surface area (Å²) in [5.41, 5.74) is 26.7. The average molecular weight is 1040 g/mol. The van der Waals surface area contributed by atoms with E-state index in [9.17, 15) is 0 Å². The predicted octanol–water partition coefficient (Wildman–Crippen LogP) is 20.7. The molecule has 15 aromatic rings. The molecule has 0 saturated heterocycles. The SMILES string of the molecule is c1ccc(-c2ccc3c(c2-c2ccc4c(c2)C2(c5ccccc5-c5ccccc52)c2cc(-c5c(-c6ccccc6)ccc6c5c5ccccc5n6-c5ccccc5)ccc2N4c2ccccc2)c2ccccc2n3-c2ccccc2)cc1. The van der Waals surface area contributed by atoms with Gasteiger partial charge in [0.25, 0.3) is 0 Å². The Kier molecular flexibility index (Phi) is 10.2. The standard InChI is InChI=1S/C79H51N3/c1-6-24-52(25-7-1)59-44-48-73-77(63-36-18-22-40-69(63)80(73)56-28-10-3-11-29-56)75(59)54-42-46-71-67(50-54)79(65-38-20-16-34-61(65)62-35-17-21-39-66(62)79)68-51-55(43-47-72(68)82(71)58-32-14-5-15-33-58)76-60(53-26-8-2-9-27-53)45-49-74-78(76)64-37-19-23-41-70(64)81(74)57-30-12-4-13-31-57/h1-51H. The minimum Gasteiger partial charge on any atom is -0.310 e. The Morgan fingerprint density at radius 1 is 0.232 bits per heavy atom. The van der Waals surface area contributed by atoms with E-state index in [0.717, 1.165) is 39.6 Å². The summed E-state index contributed by atoms with van der Waals surface area (Å²) < 4.78 is 4.89. The molecule has 0 fully saturated rings. The van der Waals surface area contributed by atoms with Crippen LogP contribution in [0.1, 0.15) is 22.3 Å². The highest BCUT2D eigenvalue weighted by Crippen LogP contribution is 2.65. The second-order valence-corrected chi connectivity index (χ2v) is 21.8. The predicted molar refractivity (Wildman–Crippen MR) is 342 cm³/mol. The lowest BCUT2D eigenvalue weighted by atomic mass is 9.63. The molecule has 3 heteroatoms. The molecule has 0 unspecified atom stereocenters. The average Bonchev–Trinajstić information content (AvgIpc) is 2.50. The van der Waals surface area contributed by atoms with Crippen molar-refractivity contribution >= 4 is 60.7 Å². The Balaban J connectivity index is 1.02. The zero-order valence-corrected chi connectivity index (χ0v) is 44.8. The van der Waals surface area contributed by atoms with Crippen LogP contribution in [0.3, 0.4) is 0 Å². The van der Waals surface area contributed by atoms with Crippen LogP contribution in [0.15, 0.2) is 309 Å². The van der Waals surface area contributed by atoms with Gasteiger partial charge >= 0.3 is 0 Å². The Bertz CT molecular complexity index is 4720. The second-order valence-electron chi connectivity index (χ2n) is 21.8. The van der Waals surface area contributed by atoms with Gasteiger partial charge in [0.2, 0.25) is 0 Å². The zero-order chi connectivity index (χ0) is 53.9. The molecule has 1 spiro atoms. The van der Waals surface area contributed by atoms with Crippen LogP contribution < -0.4 is 4.90 Å². The third kappa shape index (κ3) is 6.59. The van der Waals surface area contributed by atoms with Crippen molar-refractivity contribution in [2.75, 3.05) is 4.90 Å². The van der Waals surface area contributed by atoms with Crippen molar-refractivity contribution in [3.63, 3.8) is 0 Å². The molecule has 1 aliphatic heterocycles. The Morgan fingerprint density at radius 3 is 1.04 bits per heavy atom. The van der Waals surface area contributed by atoms with Crippen LogP contribution in [-0.4, -0.2) is 9.13 Å². The molecule has 382 valence electrons. The fourth-order valence-corrected chi connectivity index (χ4v) is 14.5. The molecule has 0 N–H and O–H groups in total. The van der Waals surface area contributed by atoms with E-state index in [1.165, 1.54) is 110 Å². The number of hydrogen-bond donors (Lipinski definition) is 0. The van der Waals surface area contributed by atoms with E-state index in [1.807, 2.05) is 0 Å². The molecular weight excluding hydrogens is 991 g/mol. The maximum absolute atomic E-state index is 2.58. The summed E-state index contributed by atoms with van der Waals surface area (Å²) >= 11 is 0. The summed E-state index contributed by atoms with van der Waals surface area (Å²) in [6, 6.07) is 115. The number of benzene rings is 13. The van der Waals surface area contributed by atoms with Crippen LogP contribution >= 0.6 is 0 Å². The fourth-order valence-electron chi connectivity index (χ4n) is 14.5. The second kappa shape index (κ2) is 18.2. The van der Waals surface area contributed by atoms with Crippen molar-refractivity contribution in [1.82, 2.24) is 9.13 Å². The van der Waals surface area contributed by atoms with Gasteiger partial charge in [0.15, 0.2) is 0 Å². The Labute approximate surface area is 476 Å². The van der Waals surface area contributed by atoms with Gasteiger partial charge in [-0.2, -0.15) is 0 Å². The van der Waals surface area contributed by atoms with Crippen LogP contribution in [0.2, 0.25) is 0 Å². The van der Waals surface area contributed by atoms with E-state index in [2.05, 4.69) is 323 Å². The first kappa shape index (κ1) is 46.2. The number of nitrogens with zero attached hydrogens (tertiary/aromatic N) is 3. The lowest BCUT2D eigenvalue weighted by Gasteiger charge is -2.45. The molecule has 1 aliphatic carbocycles. The van der Waals surface area contributed by atoms with Gasteiger partial charge in [-0.1, -0.05) is 224 Å². The summed E-state index contributed by atoms with van der Waals surface area (Å²) in [5.74, 6) is 0. The molecule has 0 amide bonds. The third-order valence-corrected chi connectivity index (χ3v) is 17.7. The molecule has 0 atom stereocenters. The maximum atomic E-state index is 2.58. The minimum absolute atomic E-state index is 0.757. The highest BCUT2D eigenvalue weighted by atomic mass is 15.2. The van der Waals surface area contributed by atoms with E-state index in [-0.39, 0.29) is 0 Å². The topological polar surface area (TPSA) is 13.1 Å². The first-order valence-electron chi connectivity index (χ1n) is 28.4. The molecule has 3 heterocycles. The number of hydrogen-bond acceptors (Lipinski definition) is 1. The molecule has 13 aromatic carbocycles. The molecule has 17 rings (SSSR count). The summed E-state index contributed by atoms with van der Waals surface area (Å²) in [6.07, 6.45) is 0. The van der Waals surface area contributed by atoms with Gasteiger partial charge in [-0.15, -0.1) is 0 Å². The third-order valence-electron chi connectivity index (χ3n) is 17.7. The smallest absolute Gasteiger partial charge is 0.0754 e. The van der Waals surface area contributed by atoms with Gasteiger partial charge in [-0.05, 0) is 163 Å². The summed E-state index contributed by atoms with van der Waals surface area (Å²) in [7, 11) is 0. The van der Waals surface area contributed by atoms with E-state index >= 15 is 0 Å². The van der Waals surface area contributed by atoms with Crippen LogP contribution in [-0.2, 0) is 5.41 Å². The quantitative estimate of drug-likeness (QED) is 0.155. The van der Waals surface area contributed by atoms with Crippen molar-refractivity contribution < 1.29 is 0 Å². The lowest BCUT2D eigenvalue weighted by molar-refractivity contribution is 0.753. The van der Waals surface area contributed by atoms with Crippen molar-refractivity contribution in [1.29, 1.82) is 0 Å². The van der Waals surface area contributed by atoms with Gasteiger partial charge in [0.1, 0.15) is 0 Å². The van der Waals surface area contributed by atoms with Gasteiger partial charge in [0.05, 0.1) is 38.9 Å². The normalized spacial score (nSPS) is 13.0. The van der Waals surface area contributed by atoms with Crippen molar-refractivity contribution in [2.45, 2.75) is 5.41 Å². The monoisotopic (exact) mass is 1040 g/mol. The number of anilines is 3. The number of fused-ring (bicyclic) bond motifs is 15. The van der Waals surface area contributed by atoms with Crippen molar-refractivity contribution in [2.24, 2.45) is 0 Å². The van der Waals surface area contributed by atoms with E-state index in [1.54, 1.807) is 0 Å². The molecular formula is C79H51N3. The highest BCUT2D eigenvalue weighted by molar-refractivity contribution is 6.20. The van der Waals surface area contributed by atoms with Crippen LogP contribution in [0, 0.1) is 0 Å². The fraction of sp³-hybridized carbons (Fsp3) is 0.0127. The Morgan fingerprint density at radius 2 is 0.598 bits per heavy atom. The van der Waals surface area contributed by atoms with E-state index in [0.29, 0.717) is 0 Å². The maximum Gasteiger partial charge on any atom is 0.0754 e. The highest BCUT2D eigenvalue weighted by Gasteiger charge is 2.52. The van der Waals surface area contributed by atoms with Gasteiger partial charge in [-0.25, -0.2) is 0 Å². The molecule has 0 saturated carbocycles. The minimum atomic E-state index is -0.757. The van der Waals surface area contributed by atoms with E-state index in [4.69, 9.17) is 0 Å². The molecule has 2 aromatic heterocycles. The summed E-state index contributed by atoms with van der Waals surface area (Å²) in [6.45, 7) is 0. The molecule has 3 nitrogen and oxygen atoms in total. The molecule has 2 aliphatic rings. The van der Waals surface area contributed by atoms with Crippen LogP contribution in [0.5, 0.6) is 0 Å². The lowest BCUT2D eigenvalue weighted by Crippen LogP contribution is -2.36. The summed E-state index contributed by atoms with van der Waals surface area (Å²) in [5, 5.41) is 4.90. The van der Waals surface area contributed by atoms with Crippen LogP contribution in [0.4, 0.5) is 17.1 Å². The van der Waals surface area contributed by atoms with Gasteiger partial charge in [0, 0.05) is 38.6 Å². The number of aromatic nitrogens is 2. The summed E-state index contributed by atoms with van der Waals surface area (Å²) in [4.78, 5) is 2.53. The zero-order valence-electron chi connectivity index (χ0n) is 44.8. The molecule has 0 radical (unpaired) electrons. The largest absolute Gasteiger partial charge is 0.310 e. The van der Waals surface area contributed by atoms with Crippen LogP contribution in [0.25, 0.3) is 111 Å². The Hall–Kier alpha value is -10.7. The molecule has 0 bridgehead atoms. The number of para-hydroxylation sites is 5. The first-order valence-corrected chi connectivity index (χ1v) is 28.4. The van der Waals surface area contributed by atoms with Crippen molar-refractivity contribution in [3.8, 4) is 67.0 Å². The van der Waals surface area contributed by atoms with Gasteiger partial charge in [-0.3, -0.25) is 0 Å².